The summed E-state index contributed by atoms with van der Waals surface area (Å²) in [6.07, 6.45) is 1.58. The molecule has 0 amide bonds. The fourth-order valence-electron chi connectivity index (χ4n) is 2.73. The SMILES string of the molecule is CCC(C)(CC)n1c(C)c(C(C)C(=O)O)c(C)nc1=O. The Bertz CT molecular complexity index is 571. The van der Waals surface area contributed by atoms with E-state index in [9.17, 15) is 14.7 Å². The molecular weight excluding hydrogens is 256 g/mol. The van der Waals surface area contributed by atoms with Crippen molar-refractivity contribution in [1.29, 1.82) is 0 Å². The fraction of sp³-hybridized carbons (Fsp3) is 0.667. The molecule has 1 N–H and O–H groups in total. The second kappa shape index (κ2) is 5.77. The molecule has 20 heavy (non-hydrogen) atoms. The van der Waals surface area contributed by atoms with Crippen molar-refractivity contribution in [3.05, 3.63) is 27.4 Å². The first-order valence-corrected chi connectivity index (χ1v) is 7.03. The van der Waals surface area contributed by atoms with Crippen molar-refractivity contribution in [3.8, 4) is 0 Å². The number of hydrogen-bond donors (Lipinski definition) is 1. The Kier molecular flexibility index (Phi) is 4.73. The lowest BCUT2D eigenvalue weighted by Crippen LogP contribution is -2.42. The van der Waals surface area contributed by atoms with E-state index in [0.717, 1.165) is 12.8 Å². The Balaban J connectivity index is 3.69. The van der Waals surface area contributed by atoms with Crippen LogP contribution in [0.3, 0.4) is 0 Å². The summed E-state index contributed by atoms with van der Waals surface area (Å²) in [5, 5.41) is 9.25. The maximum atomic E-state index is 12.3. The van der Waals surface area contributed by atoms with Gasteiger partial charge in [0.15, 0.2) is 0 Å². The Labute approximate surface area is 119 Å². The van der Waals surface area contributed by atoms with Crippen molar-refractivity contribution in [3.63, 3.8) is 0 Å². The average Bonchev–Trinajstić information content (AvgIpc) is 2.37. The van der Waals surface area contributed by atoms with E-state index in [4.69, 9.17) is 0 Å². The van der Waals surface area contributed by atoms with Gasteiger partial charge in [-0.05, 0) is 40.5 Å². The van der Waals surface area contributed by atoms with Gasteiger partial charge in [-0.15, -0.1) is 0 Å². The zero-order valence-electron chi connectivity index (χ0n) is 13.1. The third-order valence-corrected chi connectivity index (χ3v) is 4.44. The molecule has 1 heterocycles. The number of carbonyl (C=O) groups is 1. The highest BCUT2D eigenvalue weighted by atomic mass is 16.4. The van der Waals surface area contributed by atoms with Crippen LogP contribution in [-0.2, 0) is 10.3 Å². The topological polar surface area (TPSA) is 72.2 Å². The summed E-state index contributed by atoms with van der Waals surface area (Å²) in [5.74, 6) is -1.58. The highest BCUT2D eigenvalue weighted by Gasteiger charge is 2.29. The minimum Gasteiger partial charge on any atom is -0.481 e. The Morgan fingerprint density at radius 3 is 2.25 bits per heavy atom. The van der Waals surface area contributed by atoms with Gasteiger partial charge in [0.05, 0.1) is 5.92 Å². The van der Waals surface area contributed by atoms with Gasteiger partial charge < -0.3 is 5.11 Å². The molecule has 1 unspecified atom stereocenters. The van der Waals surface area contributed by atoms with Crippen LogP contribution < -0.4 is 5.69 Å². The molecule has 0 saturated carbocycles. The summed E-state index contributed by atoms with van der Waals surface area (Å²) < 4.78 is 1.66. The number of aromatic nitrogens is 2. The maximum absolute atomic E-state index is 12.3. The van der Waals surface area contributed by atoms with Crippen molar-refractivity contribution >= 4 is 5.97 Å². The molecule has 0 bridgehead atoms. The number of nitrogens with zero attached hydrogens (tertiary/aromatic N) is 2. The van der Waals surface area contributed by atoms with Crippen molar-refractivity contribution in [2.24, 2.45) is 0 Å². The molecule has 0 aromatic carbocycles. The van der Waals surface area contributed by atoms with Crippen LogP contribution in [0.2, 0.25) is 0 Å². The van der Waals surface area contributed by atoms with E-state index in [1.807, 2.05) is 27.7 Å². The van der Waals surface area contributed by atoms with Crippen LogP contribution in [0.15, 0.2) is 4.79 Å². The van der Waals surface area contributed by atoms with Crippen LogP contribution in [0.5, 0.6) is 0 Å². The second-order valence-corrected chi connectivity index (χ2v) is 5.58. The third kappa shape index (κ3) is 2.62. The lowest BCUT2D eigenvalue weighted by atomic mass is 9.92. The van der Waals surface area contributed by atoms with Gasteiger partial charge in [-0.2, -0.15) is 4.98 Å². The zero-order chi connectivity index (χ0) is 15.7. The lowest BCUT2D eigenvalue weighted by Gasteiger charge is -2.32. The Morgan fingerprint density at radius 2 is 1.85 bits per heavy atom. The predicted octanol–water partition coefficient (Wildman–Crippen LogP) is 2.58. The molecule has 1 aromatic heterocycles. The molecule has 0 fully saturated rings. The number of aryl methyl sites for hydroxylation is 1. The summed E-state index contributed by atoms with van der Waals surface area (Å²) in [6, 6.07) is 0. The van der Waals surface area contributed by atoms with Gasteiger partial charge in [0.25, 0.3) is 0 Å². The van der Waals surface area contributed by atoms with Crippen LogP contribution in [0.4, 0.5) is 0 Å². The molecule has 1 atom stereocenters. The molecule has 1 rings (SSSR count). The van der Waals surface area contributed by atoms with Gasteiger partial charge in [-0.1, -0.05) is 13.8 Å². The molecule has 1 aromatic rings. The van der Waals surface area contributed by atoms with Gasteiger partial charge in [-0.3, -0.25) is 9.36 Å². The smallest absolute Gasteiger partial charge is 0.348 e. The van der Waals surface area contributed by atoms with Crippen LogP contribution in [0.1, 0.15) is 63.4 Å². The summed E-state index contributed by atoms with van der Waals surface area (Å²) >= 11 is 0. The Hall–Kier alpha value is -1.65. The highest BCUT2D eigenvalue weighted by Crippen LogP contribution is 2.28. The maximum Gasteiger partial charge on any atom is 0.348 e. The van der Waals surface area contributed by atoms with E-state index < -0.39 is 11.9 Å². The van der Waals surface area contributed by atoms with E-state index in [1.54, 1.807) is 18.4 Å². The molecule has 0 aliphatic carbocycles. The average molecular weight is 280 g/mol. The second-order valence-electron chi connectivity index (χ2n) is 5.58. The van der Waals surface area contributed by atoms with E-state index in [1.165, 1.54) is 0 Å². The standard InChI is InChI=1S/C15H24N2O3/c1-7-15(6,8-2)17-11(5)12(9(3)13(18)19)10(4)16-14(17)20/h9H,7-8H2,1-6H3,(H,18,19). The van der Waals surface area contributed by atoms with Crippen LogP contribution in [0.25, 0.3) is 0 Å². The predicted molar refractivity (Wildman–Crippen MR) is 78.3 cm³/mol. The minimum atomic E-state index is -0.905. The summed E-state index contributed by atoms with van der Waals surface area (Å²) in [4.78, 5) is 27.6. The fourth-order valence-corrected chi connectivity index (χ4v) is 2.73. The third-order valence-electron chi connectivity index (χ3n) is 4.44. The van der Waals surface area contributed by atoms with Gasteiger partial charge in [-0.25, -0.2) is 4.79 Å². The van der Waals surface area contributed by atoms with E-state index >= 15 is 0 Å². The minimum absolute atomic E-state index is 0.299. The van der Waals surface area contributed by atoms with Crippen molar-refractivity contribution in [2.45, 2.75) is 65.8 Å². The monoisotopic (exact) mass is 280 g/mol. The number of rotatable bonds is 5. The normalized spacial score (nSPS) is 13.3. The zero-order valence-corrected chi connectivity index (χ0v) is 13.1. The first kappa shape index (κ1) is 16.4. The van der Waals surface area contributed by atoms with E-state index in [0.29, 0.717) is 17.0 Å². The Morgan fingerprint density at radius 1 is 1.35 bits per heavy atom. The van der Waals surface area contributed by atoms with Gasteiger partial charge in [0.1, 0.15) is 0 Å². The number of aliphatic carboxylic acids is 1. The number of hydrogen-bond acceptors (Lipinski definition) is 3. The summed E-state index contributed by atoms with van der Waals surface area (Å²) in [7, 11) is 0. The van der Waals surface area contributed by atoms with Crippen molar-refractivity contribution < 1.29 is 9.90 Å². The van der Waals surface area contributed by atoms with E-state index in [2.05, 4.69) is 4.98 Å². The molecular formula is C15H24N2O3. The van der Waals surface area contributed by atoms with Gasteiger partial charge in [0, 0.05) is 22.5 Å². The molecule has 112 valence electrons. The number of carboxylic acids is 1. The van der Waals surface area contributed by atoms with Crippen molar-refractivity contribution in [1.82, 2.24) is 9.55 Å². The van der Waals surface area contributed by atoms with E-state index in [-0.39, 0.29) is 11.2 Å². The molecule has 0 radical (unpaired) electrons. The van der Waals surface area contributed by atoms with Crippen LogP contribution in [-0.4, -0.2) is 20.6 Å². The highest BCUT2D eigenvalue weighted by molar-refractivity contribution is 5.76. The molecule has 5 nitrogen and oxygen atoms in total. The molecule has 0 aliphatic rings. The van der Waals surface area contributed by atoms with Gasteiger partial charge >= 0.3 is 11.7 Å². The largest absolute Gasteiger partial charge is 0.481 e. The van der Waals surface area contributed by atoms with Gasteiger partial charge in [0.2, 0.25) is 0 Å². The van der Waals surface area contributed by atoms with Crippen LogP contribution in [0, 0.1) is 13.8 Å². The van der Waals surface area contributed by atoms with Crippen molar-refractivity contribution in [2.75, 3.05) is 0 Å². The quantitative estimate of drug-likeness (QED) is 0.899. The molecule has 5 heteroatoms. The summed E-state index contributed by atoms with van der Waals surface area (Å²) in [6.45, 7) is 11.2. The molecule has 0 aliphatic heterocycles. The molecule has 0 spiro atoms. The summed E-state index contributed by atoms with van der Waals surface area (Å²) in [5.41, 5.74) is 1.23. The number of carboxylic acid groups (broad SMARTS) is 1. The first-order chi connectivity index (χ1) is 9.19. The lowest BCUT2D eigenvalue weighted by molar-refractivity contribution is -0.138. The molecule has 0 saturated heterocycles. The van der Waals surface area contributed by atoms with Crippen LogP contribution >= 0.6 is 0 Å². The first-order valence-electron chi connectivity index (χ1n) is 7.03.